The van der Waals surface area contributed by atoms with Crippen LogP contribution in [0.3, 0.4) is 0 Å². The van der Waals surface area contributed by atoms with Gasteiger partial charge in [0.2, 0.25) is 8.32 Å². The van der Waals surface area contributed by atoms with Crippen molar-refractivity contribution in [2.24, 2.45) is 0 Å². The van der Waals surface area contributed by atoms with Gasteiger partial charge in [0.15, 0.2) is 0 Å². The summed E-state index contributed by atoms with van der Waals surface area (Å²) < 4.78 is 9.67. The van der Waals surface area contributed by atoms with Gasteiger partial charge < -0.3 is 9.16 Å². The highest BCUT2D eigenvalue weighted by Crippen LogP contribution is 2.02. The van der Waals surface area contributed by atoms with Gasteiger partial charge in [-0.3, -0.25) is 0 Å². The molecule has 0 aromatic carbocycles. The lowest BCUT2D eigenvalue weighted by Crippen LogP contribution is -2.28. The van der Waals surface area contributed by atoms with Crippen molar-refractivity contribution >= 4 is 20.3 Å². The molecule has 0 heterocycles. The molecule has 0 aliphatic carbocycles. The molecule has 0 bridgehead atoms. The van der Waals surface area contributed by atoms with E-state index in [1.807, 2.05) is 19.6 Å². The van der Waals surface area contributed by atoms with E-state index in [1.54, 1.807) is 6.92 Å². The molecule has 0 rings (SSSR count). The van der Waals surface area contributed by atoms with Gasteiger partial charge in [0.25, 0.3) is 0 Å². The van der Waals surface area contributed by atoms with Crippen LogP contribution in [0.25, 0.3) is 0 Å². The fraction of sp³-hybridized carbons (Fsp3) is 0.556. The predicted octanol–water partition coefficient (Wildman–Crippen LogP) is 1.48. The number of esters is 1. The third-order valence-corrected chi connectivity index (χ3v) is 1.86. The molecule has 0 N–H and O–H groups in total. The predicted molar refractivity (Wildman–Crippen MR) is 55.2 cm³/mol. The highest BCUT2D eigenvalue weighted by atomic mass is 28.4. The van der Waals surface area contributed by atoms with Crippen molar-refractivity contribution in [1.82, 2.24) is 0 Å². The molecule has 0 saturated carbocycles. The first-order valence-electron chi connectivity index (χ1n) is 4.43. The number of carbonyl (C=O) groups excluding carboxylic acids is 2. The topological polar surface area (TPSA) is 52.6 Å². The molecule has 0 aromatic rings. The second-order valence-electron chi connectivity index (χ2n) is 3.62. The van der Waals surface area contributed by atoms with Crippen molar-refractivity contribution in [3.05, 3.63) is 12.2 Å². The van der Waals surface area contributed by atoms with Crippen LogP contribution in [0.4, 0.5) is 0 Å². The lowest BCUT2D eigenvalue weighted by atomic mass is 10.5. The van der Waals surface area contributed by atoms with Gasteiger partial charge in [0, 0.05) is 12.2 Å². The van der Waals surface area contributed by atoms with Crippen LogP contribution < -0.4 is 0 Å². The monoisotopic (exact) mass is 216 g/mol. The minimum atomic E-state index is -1.86. The van der Waals surface area contributed by atoms with Gasteiger partial charge in [-0.25, -0.2) is 9.59 Å². The summed E-state index contributed by atoms with van der Waals surface area (Å²) in [6, 6.07) is 0. The molecular weight excluding hydrogens is 200 g/mol. The van der Waals surface area contributed by atoms with E-state index in [-0.39, 0.29) is 0 Å². The fourth-order valence-corrected chi connectivity index (χ4v) is 1.33. The van der Waals surface area contributed by atoms with Crippen LogP contribution in [-0.4, -0.2) is 26.9 Å². The Kier molecular flexibility index (Phi) is 5.15. The minimum Gasteiger partial charge on any atom is -0.517 e. The van der Waals surface area contributed by atoms with E-state index >= 15 is 0 Å². The van der Waals surface area contributed by atoms with E-state index < -0.39 is 20.3 Å². The summed E-state index contributed by atoms with van der Waals surface area (Å²) in [6.07, 6.45) is 2.17. The second-order valence-corrected chi connectivity index (χ2v) is 8.05. The van der Waals surface area contributed by atoms with Gasteiger partial charge in [-0.05, 0) is 26.6 Å². The van der Waals surface area contributed by atoms with Crippen LogP contribution in [0.5, 0.6) is 0 Å². The van der Waals surface area contributed by atoms with Gasteiger partial charge in [0.05, 0.1) is 6.61 Å². The summed E-state index contributed by atoms with van der Waals surface area (Å²) in [4.78, 5) is 21.9. The molecule has 5 heteroatoms. The van der Waals surface area contributed by atoms with E-state index in [1.165, 1.54) is 0 Å². The number of hydrogen-bond acceptors (Lipinski definition) is 4. The zero-order valence-electron chi connectivity index (χ0n) is 8.99. The number of hydrogen-bond donors (Lipinski definition) is 0. The summed E-state index contributed by atoms with van der Waals surface area (Å²) in [5.74, 6) is -1.02. The Morgan fingerprint density at radius 3 is 2.07 bits per heavy atom. The van der Waals surface area contributed by atoms with Crippen LogP contribution in [-0.2, 0) is 18.8 Å². The summed E-state index contributed by atoms with van der Waals surface area (Å²) in [5.41, 5.74) is 0. The van der Waals surface area contributed by atoms with E-state index in [9.17, 15) is 9.59 Å². The van der Waals surface area contributed by atoms with Crippen molar-refractivity contribution in [2.45, 2.75) is 26.6 Å². The zero-order valence-corrected chi connectivity index (χ0v) is 9.99. The maximum absolute atomic E-state index is 11.1. The molecular formula is C9H16O4Si. The van der Waals surface area contributed by atoms with Crippen molar-refractivity contribution in [3.8, 4) is 0 Å². The van der Waals surface area contributed by atoms with E-state index in [4.69, 9.17) is 4.43 Å². The summed E-state index contributed by atoms with van der Waals surface area (Å²) in [7, 11) is -1.86. The smallest absolute Gasteiger partial charge is 0.330 e. The van der Waals surface area contributed by atoms with Gasteiger partial charge >= 0.3 is 11.9 Å². The zero-order chi connectivity index (χ0) is 11.2. The molecule has 0 atom stereocenters. The molecule has 0 aromatic heterocycles. The SMILES string of the molecule is CCOC(=O)/C=C/C(=O)O[Si](C)(C)C. The first-order chi connectivity index (χ1) is 6.35. The minimum absolute atomic E-state index is 0.298. The highest BCUT2D eigenvalue weighted by molar-refractivity contribution is 6.71. The average Bonchev–Trinajstić information content (AvgIpc) is 1.98. The van der Waals surface area contributed by atoms with Gasteiger partial charge in [-0.2, -0.15) is 0 Å². The fourth-order valence-electron chi connectivity index (χ4n) is 0.662. The molecule has 14 heavy (non-hydrogen) atoms. The van der Waals surface area contributed by atoms with Gasteiger partial charge in [-0.15, -0.1) is 0 Å². The maximum Gasteiger partial charge on any atom is 0.330 e. The van der Waals surface area contributed by atoms with Crippen LogP contribution >= 0.6 is 0 Å². The third kappa shape index (κ3) is 7.54. The largest absolute Gasteiger partial charge is 0.517 e. The molecule has 4 nitrogen and oxygen atoms in total. The molecule has 0 radical (unpaired) electrons. The second kappa shape index (κ2) is 5.59. The Balaban J connectivity index is 4.00. The van der Waals surface area contributed by atoms with Crippen LogP contribution in [0.2, 0.25) is 19.6 Å². The number of ether oxygens (including phenoxy) is 1. The highest BCUT2D eigenvalue weighted by Gasteiger charge is 2.18. The standard InChI is InChI=1S/C9H16O4Si/c1-5-12-8(10)6-7-9(11)13-14(2,3)4/h6-7H,5H2,1-4H3/b7-6+. The molecule has 0 unspecified atom stereocenters. The van der Waals surface area contributed by atoms with E-state index in [2.05, 4.69) is 4.74 Å². The summed E-state index contributed by atoms with van der Waals surface area (Å²) >= 11 is 0. The first kappa shape index (κ1) is 12.9. The van der Waals surface area contributed by atoms with Crippen molar-refractivity contribution < 1.29 is 18.8 Å². The Labute approximate surface area is 85.0 Å². The summed E-state index contributed by atoms with van der Waals surface area (Å²) in [6.45, 7) is 7.67. The Morgan fingerprint density at radius 1 is 1.14 bits per heavy atom. The van der Waals surface area contributed by atoms with Crippen molar-refractivity contribution in [3.63, 3.8) is 0 Å². The Hall–Kier alpha value is -1.10. The number of carbonyl (C=O) groups is 2. The Bertz CT molecular complexity index is 240. The van der Waals surface area contributed by atoms with E-state index in [0.29, 0.717) is 6.61 Å². The molecule has 0 aliphatic heterocycles. The van der Waals surface area contributed by atoms with Crippen molar-refractivity contribution in [1.29, 1.82) is 0 Å². The molecule has 0 amide bonds. The number of rotatable bonds is 4. The van der Waals surface area contributed by atoms with Gasteiger partial charge in [-0.1, -0.05) is 0 Å². The molecule has 0 aliphatic rings. The van der Waals surface area contributed by atoms with Crippen LogP contribution in [0.15, 0.2) is 12.2 Å². The maximum atomic E-state index is 11.1. The quantitative estimate of drug-likeness (QED) is 0.406. The lowest BCUT2D eigenvalue weighted by Gasteiger charge is -2.15. The van der Waals surface area contributed by atoms with E-state index in [0.717, 1.165) is 12.2 Å². The van der Waals surface area contributed by atoms with Crippen molar-refractivity contribution in [2.75, 3.05) is 6.61 Å². The normalized spacial score (nSPS) is 11.4. The van der Waals surface area contributed by atoms with Crippen LogP contribution in [0, 0.1) is 0 Å². The Morgan fingerprint density at radius 2 is 1.64 bits per heavy atom. The molecule has 80 valence electrons. The first-order valence-corrected chi connectivity index (χ1v) is 7.84. The van der Waals surface area contributed by atoms with Crippen LogP contribution in [0.1, 0.15) is 6.92 Å². The summed E-state index contributed by atoms with van der Waals surface area (Å²) in [5, 5.41) is 0. The lowest BCUT2D eigenvalue weighted by molar-refractivity contribution is -0.138. The molecule has 0 spiro atoms. The average molecular weight is 216 g/mol. The molecule has 0 saturated heterocycles. The third-order valence-electron chi connectivity index (χ3n) is 1.05. The van der Waals surface area contributed by atoms with Gasteiger partial charge in [0.1, 0.15) is 0 Å². The molecule has 0 fully saturated rings.